The van der Waals surface area contributed by atoms with Gasteiger partial charge >= 0.3 is 0 Å². The Labute approximate surface area is 115 Å². The van der Waals surface area contributed by atoms with Gasteiger partial charge in [-0.05, 0) is 38.3 Å². The molecule has 0 aliphatic heterocycles. The van der Waals surface area contributed by atoms with E-state index in [9.17, 15) is 9.59 Å². The normalized spacial score (nSPS) is 12.8. The van der Waals surface area contributed by atoms with Crippen molar-refractivity contribution in [3.63, 3.8) is 0 Å². The van der Waals surface area contributed by atoms with Crippen LogP contribution in [0.2, 0.25) is 0 Å². The molecule has 102 valence electrons. The van der Waals surface area contributed by atoms with Gasteiger partial charge in [0.25, 0.3) is 0 Å². The Morgan fingerprint density at radius 3 is 2.26 bits per heavy atom. The number of rotatable bonds is 6. The van der Waals surface area contributed by atoms with E-state index in [2.05, 4.69) is 6.58 Å². The fraction of sp³-hybridized carbons (Fsp3) is 0.412. The van der Waals surface area contributed by atoms with Gasteiger partial charge in [-0.25, -0.2) is 0 Å². The van der Waals surface area contributed by atoms with E-state index in [4.69, 9.17) is 0 Å². The van der Waals surface area contributed by atoms with Crippen LogP contribution in [0, 0.1) is 11.3 Å². The Bertz CT molecular complexity index is 480. The summed E-state index contributed by atoms with van der Waals surface area (Å²) in [6, 6.07) is 8.06. The predicted molar refractivity (Wildman–Crippen MR) is 78.9 cm³/mol. The summed E-state index contributed by atoms with van der Waals surface area (Å²) in [4.78, 5) is 23.0. The fourth-order valence-electron chi connectivity index (χ4n) is 2.06. The smallest absolute Gasteiger partial charge is 0.148 e. The molecule has 0 saturated heterocycles. The van der Waals surface area contributed by atoms with Gasteiger partial charge in [0.2, 0.25) is 0 Å². The quantitative estimate of drug-likeness (QED) is 0.576. The average Bonchev–Trinajstić information content (AvgIpc) is 2.38. The number of hydrogen-bond donors (Lipinski definition) is 0. The van der Waals surface area contributed by atoms with Crippen LogP contribution in [0.15, 0.2) is 30.8 Å². The van der Waals surface area contributed by atoms with Crippen LogP contribution in [0.25, 0.3) is 5.57 Å². The van der Waals surface area contributed by atoms with Crippen LogP contribution in [0.1, 0.15) is 38.8 Å². The lowest BCUT2D eigenvalue weighted by Crippen LogP contribution is -2.31. The highest BCUT2D eigenvalue weighted by molar-refractivity contribution is 5.98. The zero-order chi connectivity index (χ0) is 14.6. The molecule has 2 heteroatoms. The molecule has 0 aliphatic rings. The van der Waals surface area contributed by atoms with E-state index in [0.717, 1.165) is 23.0 Å². The Morgan fingerprint density at radius 1 is 1.32 bits per heavy atom. The zero-order valence-electron chi connectivity index (χ0n) is 12.2. The van der Waals surface area contributed by atoms with Gasteiger partial charge in [0.05, 0.1) is 5.41 Å². The molecule has 0 N–H and O–H groups in total. The van der Waals surface area contributed by atoms with Gasteiger partial charge in [0, 0.05) is 5.92 Å². The Balaban J connectivity index is 2.77. The van der Waals surface area contributed by atoms with Gasteiger partial charge in [-0.15, -0.1) is 0 Å². The minimum Gasteiger partial charge on any atom is -0.302 e. The molecule has 1 unspecified atom stereocenters. The third-order valence-corrected chi connectivity index (χ3v) is 3.37. The summed E-state index contributed by atoms with van der Waals surface area (Å²) in [5.41, 5.74) is 2.35. The van der Waals surface area contributed by atoms with Gasteiger partial charge < -0.3 is 4.79 Å². The second-order valence-corrected chi connectivity index (χ2v) is 5.79. The summed E-state index contributed by atoms with van der Waals surface area (Å²) < 4.78 is 0. The monoisotopic (exact) mass is 258 g/mol. The largest absolute Gasteiger partial charge is 0.302 e. The highest BCUT2D eigenvalue weighted by Gasteiger charge is 2.30. The van der Waals surface area contributed by atoms with Crippen molar-refractivity contribution < 1.29 is 9.59 Å². The van der Waals surface area contributed by atoms with E-state index in [1.807, 2.05) is 38.1 Å². The van der Waals surface area contributed by atoms with Crippen molar-refractivity contribution in [3.05, 3.63) is 42.0 Å². The van der Waals surface area contributed by atoms with E-state index >= 15 is 0 Å². The Hall–Kier alpha value is -1.70. The summed E-state index contributed by atoms with van der Waals surface area (Å²) in [6.07, 6.45) is 1.39. The first-order valence-electron chi connectivity index (χ1n) is 6.53. The van der Waals surface area contributed by atoms with E-state index in [1.54, 1.807) is 13.8 Å². The van der Waals surface area contributed by atoms with E-state index in [-0.39, 0.29) is 11.7 Å². The van der Waals surface area contributed by atoms with Crippen molar-refractivity contribution in [3.8, 4) is 0 Å². The first-order valence-corrected chi connectivity index (χ1v) is 6.53. The molecule has 0 aromatic heterocycles. The lowest BCUT2D eigenvalue weighted by molar-refractivity contribution is -0.135. The summed E-state index contributed by atoms with van der Waals surface area (Å²) in [5.74, 6) is -0.164. The van der Waals surface area contributed by atoms with Crippen molar-refractivity contribution in [1.29, 1.82) is 0 Å². The molecule has 1 aromatic rings. The van der Waals surface area contributed by atoms with Crippen molar-refractivity contribution in [2.24, 2.45) is 11.3 Å². The first-order chi connectivity index (χ1) is 8.77. The number of carbonyl (C=O) groups is 2. The zero-order valence-corrected chi connectivity index (χ0v) is 12.2. The van der Waals surface area contributed by atoms with Crippen LogP contribution in [-0.4, -0.2) is 12.1 Å². The third kappa shape index (κ3) is 3.88. The van der Waals surface area contributed by atoms with Crippen LogP contribution in [0.3, 0.4) is 0 Å². The van der Waals surface area contributed by atoms with Gasteiger partial charge in [0.15, 0.2) is 0 Å². The number of aldehydes is 1. The standard InChI is InChI=1S/C17H22O2/c1-12(2)15-8-6-14(7-9-15)10-13(3)16(19)17(4,5)11-18/h6-9,11,13H,1,10H2,2-5H3. The molecule has 0 saturated carbocycles. The number of ketones is 1. The van der Waals surface area contributed by atoms with E-state index in [0.29, 0.717) is 6.42 Å². The molecule has 0 amide bonds. The number of allylic oxidation sites excluding steroid dienone is 1. The SMILES string of the molecule is C=C(C)c1ccc(CC(C)C(=O)C(C)(C)C=O)cc1. The molecule has 2 nitrogen and oxygen atoms in total. The predicted octanol–water partition coefficient (Wildman–Crippen LogP) is 3.69. The highest BCUT2D eigenvalue weighted by atomic mass is 16.1. The number of Topliss-reactive ketones (excluding diaryl/α,β-unsaturated/α-hetero) is 1. The number of hydrogen-bond acceptors (Lipinski definition) is 2. The second-order valence-electron chi connectivity index (χ2n) is 5.79. The van der Waals surface area contributed by atoms with Crippen molar-refractivity contribution in [1.82, 2.24) is 0 Å². The topological polar surface area (TPSA) is 34.1 Å². The first kappa shape index (κ1) is 15.4. The maximum atomic E-state index is 12.1. The number of carbonyl (C=O) groups excluding carboxylic acids is 2. The maximum Gasteiger partial charge on any atom is 0.148 e. The van der Waals surface area contributed by atoms with Gasteiger partial charge in [-0.1, -0.05) is 43.3 Å². The molecule has 1 atom stereocenters. The molecule has 0 aliphatic carbocycles. The molecule has 0 bridgehead atoms. The van der Waals surface area contributed by atoms with Crippen LogP contribution in [-0.2, 0) is 16.0 Å². The lowest BCUT2D eigenvalue weighted by atomic mass is 9.81. The summed E-state index contributed by atoms with van der Waals surface area (Å²) in [5, 5.41) is 0. The molecule has 0 radical (unpaired) electrons. The minimum absolute atomic E-state index is 0.00789. The molecule has 19 heavy (non-hydrogen) atoms. The van der Waals surface area contributed by atoms with Gasteiger partial charge in [0.1, 0.15) is 12.1 Å². The van der Waals surface area contributed by atoms with Gasteiger partial charge in [-0.2, -0.15) is 0 Å². The molecule has 0 heterocycles. The molecule has 1 aromatic carbocycles. The molecule has 0 spiro atoms. The van der Waals surface area contributed by atoms with Crippen molar-refractivity contribution >= 4 is 17.6 Å². The fourth-order valence-corrected chi connectivity index (χ4v) is 2.06. The van der Waals surface area contributed by atoms with E-state index in [1.165, 1.54) is 0 Å². The summed E-state index contributed by atoms with van der Waals surface area (Å²) >= 11 is 0. The van der Waals surface area contributed by atoms with Gasteiger partial charge in [-0.3, -0.25) is 4.79 Å². The summed E-state index contributed by atoms with van der Waals surface area (Å²) in [6.45, 7) is 11.1. The molecule has 1 rings (SSSR count). The third-order valence-electron chi connectivity index (χ3n) is 3.37. The Kier molecular flexibility index (Phi) is 4.82. The number of benzene rings is 1. The van der Waals surface area contributed by atoms with Crippen molar-refractivity contribution in [2.45, 2.75) is 34.1 Å². The van der Waals surface area contributed by atoms with Crippen molar-refractivity contribution in [2.75, 3.05) is 0 Å². The maximum absolute atomic E-state index is 12.1. The minimum atomic E-state index is -0.892. The van der Waals surface area contributed by atoms with Crippen LogP contribution >= 0.6 is 0 Å². The van der Waals surface area contributed by atoms with Crippen LogP contribution in [0.5, 0.6) is 0 Å². The summed E-state index contributed by atoms with van der Waals surface area (Å²) in [7, 11) is 0. The second kappa shape index (κ2) is 5.96. The van der Waals surface area contributed by atoms with Crippen LogP contribution < -0.4 is 0 Å². The highest BCUT2D eigenvalue weighted by Crippen LogP contribution is 2.22. The molecule has 0 fully saturated rings. The molecular weight excluding hydrogens is 236 g/mol. The van der Waals surface area contributed by atoms with E-state index < -0.39 is 5.41 Å². The average molecular weight is 258 g/mol. The van der Waals surface area contributed by atoms with Crippen LogP contribution in [0.4, 0.5) is 0 Å². The lowest BCUT2D eigenvalue weighted by Gasteiger charge is -2.20. The molecular formula is C17H22O2. The Morgan fingerprint density at radius 2 is 1.84 bits per heavy atom.